The molecule has 0 bridgehead atoms. The summed E-state index contributed by atoms with van der Waals surface area (Å²) in [6, 6.07) is 12.6. The lowest BCUT2D eigenvalue weighted by Gasteiger charge is -2.00. The first-order valence-electron chi connectivity index (χ1n) is 7.25. The van der Waals surface area contributed by atoms with Crippen molar-refractivity contribution in [1.29, 1.82) is 0 Å². The summed E-state index contributed by atoms with van der Waals surface area (Å²) in [4.78, 5) is 10.6. The minimum Gasteiger partial charge on any atom is -0.454 e. The monoisotopic (exact) mass is 358 g/mol. The number of amidine groups is 1. The van der Waals surface area contributed by atoms with E-state index >= 15 is 0 Å². The fourth-order valence-electron chi connectivity index (χ4n) is 2.12. The van der Waals surface area contributed by atoms with Crippen molar-refractivity contribution in [2.24, 2.45) is 15.9 Å². The van der Waals surface area contributed by atoms with E-state index in [-0.39, 0.29) is 23.2 Å². The standard InChI is InChI=1S/C16H14N4O4S/c17-16(25-9-11-4-2-1-3-5-11)19-18-8-12-6-14-15(24-10-23-14)7-13(12)20(21)22/h1-8H,9-10H2,(H2,17,19). The van der Waals surface area contributed by atoms with Gasteiger partial charge >= 0.3 is 0 Å². The van der Waals surface area contributed by atoms with E-state index in [1.54, 1.807) is 0 Å². The molecule has 0 amide bonds. The second kappa shape index (κ2) is 7.67. The maximum Gasteiger partial charge on any atom is 0.282 e. The van der Waals surface area contributed by atoms with Gasteiger partial charge in [-0.05, 0) is 11.6 Å². The van der Waals surface area contributed by atoms with Gasteiger partial charge in [-0.25, -0.2) is 0 Å². The third kappa shape index (κ3) is 4.27. The molecule has 2 aromatic carbocycles. The van der Waals surface area contributed by atoms with Gasteiger partial charge in [-0.15, -0.1) is 5.10 Å². The van der Waals surface area contributed by atoms with E-state index in [1.807, 2.05) is 30.3 Å². The molecule has 0 saturated carbocycles. The Labute approximate surface area is 147 Å². The van der Waals surface area contributed by atoms with Gasteiger partial charge in [0.05, 0.1) is 22.8 Å². The zero-order valence-corrected chi connectivity index (χ0v) is 13.8. The molecule has 0 fully saturated rings. The Balaban J connectivity index is 1.70. The van der Waals surface area contributed by atoms with Crippen LogP contribution in [0, 0.1) is 10.1 Å². The van der Waals surface area contributed by atoms with Crippen molar-refractivity contribution in [1.82, 2.24) is 0 Å². The van der Waals surface area contributed by atoms with E-state index in [2.05, 4.69) is 10.2 Å². The van der Waals surface area contributed by atoms with Gasteiger partial charge < -0.3 is 15.2 Å². The molecule has 0 atom stereocenters. The van der Waals surface area contributed by atoms with Gasteiger partial charge in [-0.3, -0.25) is 10.1 Å². The summed E-state index contributed by atoms with van der Waals surface area (Å²) in [7, 11) is 0. The van der Waals surface area contributed by atoms with E-state index in [4.69, 9.17) is 15.2 Å². The molecule has 1 aliphatic heterocycles. The summed E-state index contributed by atoms with van der Waals surface area (Å²) in [6.07, 6.45) is 1.27. The zero-order valence-electron chi connectivity index (χ0n) is 13.0. The lowest BCUT2D eigenvalue weighted by atomic mass is 10.1. The Morgan fingerprint density at radius 2 is 2.00 bits per heavy atom. The minimum absolute atomic E-state index is 0.0360. The number of ether oxygens (including phenoxy) is 2. The van der Waals surface area contributed by atoms with E-state index in [1.165, 1.54) is 30.1 Å². The number of fused-ring (bicyclic) bond motifs is 1. The third-order valence-corrected chi connectivity index (χ3v) is 4.16. The van der Waals surface area contributed by atoms with E-state index < -0.39 is 4.92 Å². The van der Waals surface area contributed by atoms with Crippen LogP contribution < -0.4 is 15.2 Å². The second-order valence-electron chi connectivity index (χ2n) is 4.98. The molecule has 0 unspecified atom stereocenters. The van der Waals surface area contributed by atoms with Crippen molar-refractivity contribution < 1.29 is 14.4 Å². The van der Waals surface area contributed by atoms with Crippen molar-refractivity contribution in [3.8, 4) is 11.5 Å². The topological polar surface area (TPSA) is 112 Å². The van der Waals surface area contributed by atoms with Gasteiger partial charge in [0.25, 0.3) is 5.69 Å². The normalized spacial score (nSPS) is 13.4. The molecule has 0 aromatic heterocycles. The molecule has 9 heteroatoms. The fourth-order valence-corrected chi connectivity index (χ4v) is 2.73. The predicted octanol–water partition coefficient (Wildman–Crippen LogP) is 2.91. The van der Waals surface area contributed by atoms with Crippen molar-refractivity contribution >= 4 is 28.8 Å². The number of hydrogen-bond acceptors (Lipinski definition) is 7. The summed E-state index contributed by atoms with van der Waals surface area (Å²) < 4.78 is 10.4. The number of nitrogens with zero attached hydrogens (tertiary/aromatic N) is 3. The van der Waals surface area contributed by atoms with Crippen LogP contribution in [0.3, 0.4) is 0 Å². The average Bonchev–Trinajstić information content (AvgIpc) is 3.07. The average molecular weight is 358 g/mol. The molecule has 1 aliphatic rings. The molecule has 2 N–H and O–H groups in total. The summed E-state index contributed by atoms with van der Waals surface area (Å²) in [5, 5.41) is 19.1. The lowest BCUT2D eigenvalue weighted by molar-refractivity contribution is -0.385. The van der Waals surface area contributed by atoms with Crippen LogP contribution in [0.25, 0.3) is 0 Å². The number of benzene rings is 2. The van der Waals surface area contributed by atoms with Crippen LogP contribution in [0.15, 0.2) is 52.7 Å². The molecule has 0 radical (unpaired) electrons. The molecule has 25 heavy (non-hydrogen) atoms. The number of rotatable bonds is 5. The lowest BCUT2D eigenvalue weighted by Crippen LogP contribution is -2.06. The Bertz CT molecular complexity index is 840. The van der Waals surface area contributed by atoms with Crippen molar-refractivity contribution in [2.45, 2.75) is 5.75 Å². The van der Waals surface area contributed by atoms with Crippen LogP contribution in [0.4, 0.5) is 5.69 Å². The number of thioether (sulfide) groups is 1. The Morgan fingerprint density at radius 1 is 1.28 bits per heavy atom. The Morgan fingerprint density at radius 3 is 2.72 bits per heavy atom. The van der Waals surface area contributed by atoms with Gasteiger partial charge in [-0.2, -0.15) is 5.10 Å². The summed E-state index contributed by atoms with van der Waals surface area (Å²) in [5.41, 5.74) is 7.03. The largest absolute Gasteiger partial charge is 0.454 e. The Kier molecular flexibility index (Phi) is 5.14. The molecule has 2 aromatic rings. The second-order valence-corrected chi connectivity index (χ2v) is 5.97. The van der Waals surface area contributed by atoms with Crippen LogP contribution in [-0.4, -0.2) is 23.1 Å². The van der Waals surface area contributed by atoms with Crippen LogP contribution in [0.5, 0.6) is 11.5 Å². The highest BCUT2D eigenvalue weighted by Crippen LogP contribution is 2.37. The van der Waals surface area contributed by atoms with Crippen LogP contribution in [0.2, 0.25) is 0 Å². The fraction of sp³-hybridized carbons (Fsp3) is 0.125. The number of nitrogens with two attached hydrogens (primary N) is 1. The maximum atomic E-state index is 11.2. The highest BCUT2D eigenvalue weighted by atomic mass is 32.2. The number of hydrogen-bond donors (Lipinski definition) is 1. The van der Waals surface area contributed by atoms with Gasteiger partial charge in [0.2, 0.25) is 6.79 Å². The van der Waals surface area contributed by atoms with Crippen molar-refractivity contribution in [3.63, 3.8) is 0 Å². The highest BCUT2D eigenvalue weighted by molar-refractivity contribution is 8.13. The predicted molar refractivity (Wildman–Crippen MR) is 96.2 cm³/mol. The van der Waals surface area contributed by atoms with Gasteiger partial charge in [0.15, 0.2) is 16.7 Å². The minimum atomic E-state index is -0.513. The molecule has 3 rings (SSSR count). The van der Waals surface area contributed by atoms with Crippen molar-refractivity contribution in [2.75, 3.05) is 6.79 Å². The summed E-state index contributed by atoms with van der Waals surface area (Å²) >= 11 is 1.33. The van der Waals surface area contributed by atoms with E-state index in [9.17, 15) is 10.1 Å². The smallest absolute Gasteiger partial charge is 0.282 e. The molecule has 1 heterocycles. The molecule has 0 spiro atoms. The third-order valence-electron chi connectivity index (χ3n) is 3.30. The molecule has 0 saturated heterocycles. The SMILES string of the molecule is NC(=NN=Cc1cc2c(cc1[N+](=O)[O-])OCO2)SCc1ccccc1. The number of nitro groups is 1. The molecular weight excluding hydrogens is 344 g/mol. The Hall–Kier alpha value is -3.07. The molecule has 128 valence electrons. The summed E-state index contributed by atoms with van der Waals surface area (Å²) in [5.74, 6) is 1.43. The van der Waals surface area contributed by atoms with E-state index in [0.717, 1.165) is 5.56 Å². The first-order valence-corrected chi connectivity index (χ1v) is 8.23. The summed E-state index contributed by atoms with van der Waals surface area (Å²) in [6.45, 7) is 0.0360. The zero-order chi connectivity index (χ0) is 17.6. The van der Waals surface area contributed by atoms with E-state index in [0.29, 0.717) is 17.3 Å². The quantitative estimate of drug-likeness (QED) is 0.381. The van der Waals surface area contributed by atoms with Crippen molar-refractivity contribution in [3.05, 3.63) is 63.7 Å². The number of nitro benzene ring substituents is 1. The molecule has 0 aliphatic carbocycles. The van der Waals surface area contributed by atoms with Gasteiger partial charge in [0, 0.05) is 5.75 Å². The van der Waals surface area contributed by atoms with Gasteiger partial charge in [0.1, 0.15) is 0 Å². The first kappa shape index (κ1) is 16.8. The van der Waals surface area contributed by atoms with Crippen LogP contribution >= 0.6 is 11.8 Å². The molecular formula is C16H14N4O4S. The molecule has 8 nitrogen and oxygen atoms in total. The van der Waals surface area contributed by atoms with Gasteiger partial charge in [-0.1, -0.05) is 42.1 Å². The maximum absolute atomic E-state index is 11.2. The van der Waals surface area contributed by atoms with Crippen LogP contribution in [0.1, 0.15) is 11.1 Å². The first-order chi connectivity index (χ1) is 12.1. The van der Waals surface area contributed by atoms with Crippen LogP contribution in [-0.2, 0) is 5.75 Å². The highest BCUT2D eigenvalue weighted by Gasteiger charge is 2.22.